The van der Waals surface area contributed by atoms with Gasteiger partial charge >= 0.3 is 5.97 Å². The van der Waals surface area contributed by atoms with E-state index in [1.807, 2.05) is 0 Å². The minimum Gasteiger partial charge on any atom is -0.462 e. The van der Waals surface area contributed by atoms with E-state index in [1.54, 1.807) is 12.1 Å². The number of carbonyl (C=O) groups is 3. The van der Waals surface area contributed by atoms with Crippen LogP contribution in [-0.2, 0) is 4.74 Å². The van der Waals surface area contributed by atoms with Crippen molar-refractivity contribution in [1.82, 2.24) is 0 Å². The highest BCUT2D eigenvalue weighted by Crippen LogP contribution is 2.34. The third kappa shape index (κ3) is 5.63. The fraction of sp³-hybridized carbons (Fsp3) is 0.400. The Morgan fingerprint density at radius 3 is 2.30 bits per heavy atom. The van der Waals surface area contributed by atoms with E-state index in [1.165, 1.54) is 62.4 Å². The van der Waals surface area contributed by atoms with Crippen molar-refractivity contribution in [2.45, 2.75) is 58.3 Å². The van der Waals surface area contributed by atoms with Gasteiger partial charge in [-0.1, -0.05) is 64.0 Å². The van der Waals surface area contributed by atoms with Crippen LogP contribution in [0.1, 0.15) is 89.4 Å². The molecule has 2 amide bonds. The van der Waals surface area contributed by atoms with Gasteiger partial charge in [0.15, 0.2) is 0 Å². The normalized spacial score (nSPS) is 12.7. The number of esters is 1. The quantitative estimate of drug-likeness (QED) is 0.135. The molecule has 33 heavy (non-hydrogen) atoms. The van der Waals surface area contributed by atoms with Crippen molar-refractivity contribution in [3.05, 3.63) is 69.3 Å². The molecule has 0 N–H and O–H groups in total. The summed E-state index contributed by atoms with van der Waals surface area (Å²) in [6.45, 7) is 2.49. The minimum absolute atomic E-state index is 0.0307. The lowest BCUT2D eigenvalue weighted by atomic mass is 10.1. The van der Waals surface area contributed by atoms with Crippen molar-refractivity contribution < 1.29 is 24.0 Å². The number of rotatable bonds is 12. The maximum atomic E-state index is 12.9. The van der Waals surface area contributed by atoms with Crippen LogP contribution in [0.2, 0.25) is 0 Å². The Morgan fingerprint density at radius 2 is 1.61 bits per heavy atom. The number of fused-ring (bicyclic) bond motifs is 1. The minimum atomic E-state index is -0.785. The van der Waals surface area contributed by atoms with Crippen LogP contribution >= 0.6 is 0 Å². The molecule has 1 aliphatic heterocycles. The summed E-state index contributed by atoms with van der Waals surface area (Å²) in [6.07, 6.45) is 9.08. The lowest BCUT2D eigenvalue weighted by molar-refractivity contribution is -0.385. The first-order valence-electron chi connectivity index (χ1n) is 11.4. The molecule has 2 aromatic carbocycles. The van der Waals surface area contributed by atoms with Crippen molar-refractivity contribution in [3.63, 3.8) is 0 Å². The van der Waals surface area contributed by atoms with Crippen LogP contribution in [-0.4, -0.2) is 29.3 Å². The molecule has 3 rings (SSSR count). The Balaban J connectivity index is 1.59. The van der Waals surface area contributed by atoms with Crippen LogP contribution in [0, 0.1) is 10.1 Å². The average molecular weight is 453 g/mol. The predicted octanol–water partition coefficient (Wildman–Crippen LogP) is 5.69. The number of hydrogen-bond acceptors (Lipinski definition) is 6. The second-order valence-electron chi connectivity index (χ2n) is 8.06. The van der Waals surface area contributed by atoms with Gasteiger partial charge in [0.25, 0.3) is 17.5 Å². The third-order valence-corrected chi connectivity index (χ3v) is 5.66. The molecule has 0 radical (unpaired) electrons. The number of anilines is 1. The molecule has 0 spiro atoms. The third-order valence-electron chi connectivity index (χ3n) is 5.66. The van der Waals surface area contributed by atoms with Crippen LogP contribution in [0.5, 0.6) is 0 Å². The molecule has 0 fully saturated rings. The van der Waals surface area contributed by atoms with Crippen molar-refractivity contribution in [2.75, 3.05) is 11.5 Å². The molecule has 0 saturated carbocycles. The van der Waals surface area contributed by atoms with Gasteiger partial charge in [0, 0.05) is 6.07 Å². The maximum absolute atomic E-state index is 12.9. The maximum Gasteiger partial charge on any atom is 0.338 e. The van der Waals surface area contributed by atoms with Gasteiger partial charge in [-0.25, -0.2) is 9.69 Å². The Kier molecular flexibility index (Phi) is 8.29. The molecule has 8 heteroatoms. The second kappa shape index (κ2) is 11.4. The van der Waals surface area contributed by atoms with Gasteiger partial charge in [0.2, 0.25) is 0 Å². The summed E-state index contributed by atoms with van der Waals surface area (Å²) >= 11 is 0. The van der Waals surface area contributed by atoms with E-state index in [0.29, 0.717) is 6.61 Å². The number of nitrogens with zero attached hydrogens (tertiary/aromatic N) is 2. The monoisotopic (exact) mass is 452 g/mol. The standard InChI is InChI=1S/C25H28N2O6/c1-2-3-4-5-6-7-8-9-16-33-25(30)18-12-10-13-19(17-18)26-23(28)20-14-11-15-21(27(31)32)22(20)24(26)29/h10-15,17H,2-9,16H2,1H3. The van der Waals surface area contributed by atoms with Crippen LogP contribution in [0.3, 0.4) is 0 Å². The van der Waals surface area contributed by atoms with Gasteiger partial charge in [-0.05, 0) is 30.7 Å². The zero-order valence-corrected chi connectivity index (χ0v) is 18.7. The summed E-state index contributed by atoms with van der Waals surface area (Å²) in [6, 6.07) is 9.91. The Hall–Kier alpha value is -3.55. The highest BCUT2D eigenvalue weighted by molar-refractivity contribution is 6.35. The van der Waals surface area contributed by atoms with E-state index in [4.69, 9.17) is 4.74 Å². The van der Waals surface area contributed by atoms with Crippen molar-refractivity contribution in [3.8, 4) is 0 Å². The number of unbranched alkanes of at least 4 members (excludes halogenated alkanes) is 7. The summed E-state index contributed by atoms with van der Waals surface area (Å²) in [5.41, 5.74) is -0.323. The van der Waals surface area contributed by atoms with E-state index in [2.05, 4.69) is 6.92 Å². The lowest BCUT2D eigenvalue weighted by Crippen LogP contribution is -2.29. The molecular weight excluding hydrogens is 424 g/mol. The Morgan fingerprint density at radius 1 is 0.939 bits per heavy atom. The Bertz CT molecular complexity index is 1050. The number of hydrogen-bond donors (Lipinski definition) is 0. The summed E-state index contributed by atoms with van der Waals surface area (Å²) in [5, 5.41) is 11.3. The number of nitro benzene ring substituents is 1. The molecule has 2 aromatic rings. The highest BCUT2D eigenvalue weighted by atomic mass is 16.6. The number of carbonyl (C=O) groups excluding carboxylic acids is 3. The SMILES string of the molecule is CCCCCCCCCCOC(=O)c1cccc(N2C(=O)c3cccc([N+](=O)[O-])c3C2=O)c1. The smallest absolute Gasteiger partial charge is 0.338 e. The number of benzene rings is 2. The predicted molar refractivity (Wildman–Crippen MR) is 124 cm³/mol. The number of amides is 2. The summed E-state index contributed by atoms with van der Waals surface area (Å²) < 4.78 is 5.34. The van der Waals surface area contributed by atoms with Gasteiger partial charge in [-0.2, -0.15) is 0 Å². The topological polar surface area (TPSA) is 107 Å². The van der Waals surface area contributed by atoms with E-state index in [-0.39, 0.29) is 22.4 Å². The van der Waals surface area contributed by atoms with Gasteiger partial charge in [0.1, 0.15) is 5.56 Å². The zero-order valence-electron chi connectivity index (χ0n) is 18.7. The molecule has 174 valence electrons. The summed E-state index contributed by atoms with van der Waals surface area (Å²) in [4.78, 5) is 49.5. The number of ether oxygens (including phenoxy) is 1. The molecule has 0 atom stereocenters. The van der Waals surface area contributed by atoms with Crippen LogP contribution in [0.25, 0.3) is 0 Å². The average Bonchev–Trinajstić information content (AvgIpc) is 3.07. The van der Waals surface area contributed by atoms with E-state index in [9.17, 15) is 24.5 Å². The van der Waals surface area contributed by atoms with Crippen molar-refractivity contribution in [2.24, 2.45) is 0 Å². The van der Waals surface area contributed by atoms with Gasteiger partial charge < -0.3 is 4.74 Å². The molecular formula is C25H28N2O6. The Labute approximate surface area is 192 Å². The molecule has 8 nitrogen and oxygen atoms in total. The van der Waals surface area contributed by atoms with E-state index < -0.39 is 28.4 Å². The zero-order chi connectivity index (χ0) is 23.8. The first kappa shape index (κ1) is 24.1. The second-order valence-corrected chi connectivity index (χ2v) is 8.06. The molecule has 1 heterocycles. The lowest BCUT2D eigenvalue weighted by Gasteiger charge is -2.14. The van der Waals surface area contributed by atoms with Crippen molar-refractivity contribution >= 4 is 29.2 Å². The van der Waals surface area contributed by atoms with Gasteiger partial charge in [-0.15, -0.1) is 0 Å². The molecule has 0 aliphatic carbocycles. The van der Waals surface area contributed by atoms with E-state index in [0.717, 1.165) is 24.2 Å². The number of imide groups is 1. The van der Waals surface area contributed by atoms with Gasteiger partial charge in [-0.3, -0.25) is 19.7 Å². The largest absolute Gasteiger partial charge is 0.462 e. The molecule has 0 saturated heterocycles. The summed E-state index contributed by atoms with van der Waals surface area (Å²) in [5.74, 6) is -1.99. The fourth-order valence-corrected chi connectivity index (χ4v) is 3.91. The van der Waals surface area contributed by atoms with E-state index >= 15 is 0 Å². The molecule has 0 bridgehead atoms. The first-order chi connectivity index (χ1) is 16.0. The van der Waals surface area contributed by atoms with Crippen LogP contribution in [0.4, 0.5) is 11.4 Å². The van der Waals surface area contributed by atoms with Crippen LogP contribution in [0.15, 0.2) is 42.5 Å². The fourth-order valence-electron chi connectivity index (χ4n) is 3.91. The van der Waals surface area contributed by atoms with Crippen molar-refractivity contribution in [1.29, 1.82) is 0 Å². The summed E-state index contributed by atoms with van der Waals surface area (Å²) in [7, 11) is 0. The van der Waals surface area contributed by atoms with Gasteiger partial charge in [0.05, 0.1) is 28.3 Å². The highest BCUT2D eigenvalue weighted by Gasteiger charge is 2.41. The first-order valence-corrected chi connectivity index (χ1v) is 11.4. The molecule has 1 aliphatic rings. The number of nitro groups is 1. The molecule has 0 unspecified atom stereocenters. The van der Waals surface area contributed by atoms with Crippen LogP contribution < -0.4 is 4.90 Å². The molecule has 0 aromatic heterocycles.